The number of hydrogen-bond acceptors (Lipinski definition) is 4. The topological polar surface area (TPSA) is 87.6 Å². The maximum absolute atomic E-state index is 11.0. The number of ether oxygens (including phenoxy) is 2. The Labute approximate surface area is 113 Å². The Balaban J connectivity index is 2.31. The molecule has 0 heterocycles. The van der Waals surface area contributed by atoms with E-state index in [9.17, 15) is 4.79 Å². The van der Waals surface area contributed by atoms with E-state index in [1.54, 1.807) is 6.92 Å². The van der Waals surface area contributed by atoms with Crippen molar-refractivity contribution in [1.29, 1.82) is 0 Å². The fourth-order valence-electron chi connectivity index (χ4n) is 1.55. The number of benzene rings is 1. The molecule has 1 aromatic carbocycles. The van der Waals surface area contributed by atoms with Crippen molar-refractivity contribution in [2.75, 3.05) is 13.2 Å². The van der Waals surface area contributed by atoms with E-state index in [0.29, 0.717) is 26.1 Å². The maximum atomic E-state index is 11.0. The highest BCUT2D eigenvalue weighted by Gasteiger charge is 2.24. The fourth-order valence-corrected chi connectivity index (χ4v) is 1.55. The fraction of sp³-hybridized carbons (Fsp3) is 0.500. The molecule has 0 fully saturated rings. The number of carbonyl (C=O) groups is 1. The minimum absolute atomic E-state index is 0.492. The highest BCUT2D eigenvalue weighted by atomic mass is 16.5. The molecule has 0 spiro atoms. The quantitative estimate of drug-likeness (QED) is 0.697. The largest absolute Gasteiger partial charge is 0.494 e. The molecule has 0 aliphatic carbocycles. The van der Waals surface area contributed by atoms with Crippen molar-refractivity contribution in [2.45, 2.75) is 32.2 Å². The molecule has 0 bridgehead atoms. The first-order valence-electron chi connectivity index (χ1n) is 6.40. The lowest BCUT2D eigenvalue weighted by molar-refractivity contribution is -0.122. The predicted octanol–water partition coefficient (Wildman–Crippen LogP) is 1.45. The first-order chi connectivity index (χ1) is 8.95. The Morgan fingerprint density at radius 3 is 2.21 bits per heavy atom. The van der Waals surface area contributed by atoms with Crippen LogP contribution in [0.25, 0.3) is 0 Å². The predicted molar refractivity (Wildman–Crippen MR) is 74.1 cm³/mol. The zero-order valence-corrected chi connectivity index (χ0v) is 11.5. The third-order valence-corrected chi connectivity index (χ3v) is 2.81. The van der Waals surface area contributed by atoms with Gasteiger partial charge in [0.1, 0.15) is 11.5 Å². The van der Waals surface area contributed by atoms with E-state index >= 15 is 0 Å². The molecule has 5 heteroatoms. The van der Waals surface area contributed by atoms with Crippen LogP contribution in [0.2, 0.25) is 0 Å². The van der Waals surface area contributed by atoms with Crippen molar-refractivity contribution in [3.8, 4) is 11.5 Å². The van der Waals surface area contributed by atoms with Gasteiger partial charge in [0, 0.05) is 0 Å². The molecular formula is C14H22N2O3. The van der Waals surface area contributed by atoms with Crippen LogP contribution < -0.4 is 20.9 Å². The van der Waals surface area contributed by atoms with E-state index in [0.717, 1.165) is 11.5 Å². The number of rotatable bonds is 8. The van der Waals surface area contributed by atoms with Crippen molar-refractivity contribution < 1.29 is 14.3 Å². The number of hydrogen-bond donors (Lipinski definition) is 2. The summed E-state index contributed by atoms with van der Waals surface area (Å²) in [6.07, 6.45) is 1.17. The summed E-state index contributed by atoms with van der Waals surface area (Å²) in [7, 11) is 0. The molecule has 5 nitrogen and oxygen atoms in total. The van der Waals surface area contributed by atoms with Crippen LogP contribution in [-0.2, 0) is 4.79 Å². The van der Waals surface area contributed by atoms with E-state index < -0.39 is 11.4 Å². The third kappa shape index (κ3) is 5.18. The molecule has 1 rings (SSSR count). The molecule has 0 radical (unpaired) electrons. The summed E-state index contributed by atoms with van der Waals surface area (Å²) in [5.41, 5.74) is 9.97. The van der Waals surface area contributed by atoms with Crippen LogP contribution in [0.5, 0.6) is 11.5 Å². The van der Waals surface area contributed by atoms with Crippen LogP contribution in [0.15, 0.2) is 24.3 Å². The number of nitrogens with two attached hydrogens (primary N) is 2. The summed E-state index contributed by atoms with van der Waals surface area (Å²) in [6, 6.07) is 7.41. The van der Waals surface area contributed by atoms with Crippen molar-refractivity contribution in [3.63, 3.8) is 0 Å². The van der Waals surface area contributed by atoms with Gasteiger partial charge in [-0.25, -0.2) is 0 Å². The summed E-state index contributed by atoms with van der Waals surface area (Å²) < 4.78 is 10.9. The first kappa shape index (κ1) is 15.3. The Morgan fingerprint density at radius 1 is 1.21 bits per heavy atom. The monoisotopic (exact) mass is 266 g/mol. The van der Waals surface area contributed by atoms with Gasteiger partial charge in [-0.2, -0.15) is 0 Å². The molecule has 1 aromatic rings. The standard InChI is InChI=1S/C14H22N2O3/c1-3-18-11-5-7-12(8-6-11)19-10-4-9-14(2,16)13(15)17/h5-8H,3-4,9-10,16H2,1-2H3,(H2,15,17). The second-order valence-electron chi connectivity index (χ2n) is 4.64. The second-order valence-corrected chi connectivity index (χ2v) is 4.64. The summed E-state index contributed by atoms with van der Waals surface area (Å²) >= 11 is 0. The number of amides is 1. The van der Waals surface area contributed by atoms with E-state index in [1.165, 1.54) is 0 Å². The molecular weight excluding hydrogens is 244 g/mol. The van der Waals surface area contributed by atoms with Gasteiger partial charge in [-0.3, -0.25) is 4.79 Å². The van der Waals surface area contributed by atoms with Gasteiger partial charge >= 0.3 is 0 Å². The van der Waals surface area contributed by atoms with Crippen LogP contribution in [0, 0.1) is 0 Å². The van der Waals surface area contributed by atoms with Crippen molar-refractivity contribution in [2.24, 2.45) is 11.5 Å². The average molecular weight is 266 g/mol. The minimum Gasteiger partial charge on any atom is -0.494 e. The smallest absolute Gasteiger partial charge is 0.237 e. The highest BCUT2D eigenvalue weighted by Crippen LogP contribution is 2.18. The molecule has 0 aromatic heterocycles. The van der Waals surface area contributed by atoms with E-state index in [2.05, 4.69) is 0 Å². The van der Waals surface area contributed by atoms with E-state index in [-0.39, 0.29) is 0 Å². The van der Waals surface area contributed by atoms with Gasteiger partial charge in [-0.05, 0) is 51.0 Å². The molecule has 1 amide bonds. The highest BCUT2D eigenvalue weighted by molar-refractivity contribution is 5.83. The van der Waals surface area contributed by atoms with Crippen LogP contribution in [-0.4, -0.2) is 24.7 Å². The first-order valence-corrected chi connectivity index (χ1v) is 6.40. The number of carbonyl (C=O) groups excluding carboxylic acids is 1. The van der Waals surface area contributed by atoms with Gasteiger partial charge in [0.25, 0.3) is 0 Å². The molecule has 0 aliphatic heterocycles. The zero-order valence-electron chi connectivity index (χ0n) is 11.5. The Bertz CT molecular complexity index is 402. The molecule has 19 heavy (non-hydrogen) atoms. The molecule has 0 saturated carbocycles. The van der Waals surface area contributed by atoms with Crippen molar-refractivity contribution in [1.82, 2.24) is 0 Å². The summed E-state index contributed by atoms with van der Waals surface area (Å²) in [6.45, 7) is 4.70. The SMILES string of the molecule is CCOc1ccc(OCCCC(C)(N)C(N)=O)cc1. The van der Waals surface area contributed by atoms with Gasteiger partial charge in [0.15, 0.2) is 0 Å². The summed E-state index contributed by atoms with van der Waals surface area (Å²) in [4.78, 5) is 11.0. The van der Waals surface area contributed by atoms with Gasteiger partial charge in [-0.1, -0.05) is 0 Å². The van der Waals surface area contributed by atoms with Gasteiger partial charge in [0.2, 0.25) is 5.91 Å². The van der Waals surface area contributed by atoms with Gasteiger partial charge in [-0.15, -0.1) is 0 Å². The molecule has 0 aliphatic rings. The average Bonchev–Trinajstić information content (AvgIpc) is 2.37. The molecule has 4 N–H and O–H groups in total. The lowest BCUT2D eigenvalue weighted by Crippen LogP contribution is -2.49. The molecule has 106 valence electrons. The minimum atomic E-state index is -0.970. The van der Waals surface area contributed by atoms with Crippen LogP contribution in [0.3, 0.4) is 0 Å². The van der Waals surface area contributed by atoms with Crippen LogP contribution in [0.4, 0.5) is 0 Å². The Morgan fingerprint density at radius 2 is 1.74 bits per heavy atom. The van der Waals surface area contributed by atoms with Crippen LogP contribution >= 0.6 is 0 Å². The summed E-state index contributed by atoms with van der Waals surface area (Å²) in [5, 5.41) is 0. The van der Waals surface area contributed by atoms with E-state index in [4.69, 9.17) is 20.9 Å². The third-order valence-electron chi connectivity index (χ3n) is 2.81. The maximum Gasteiger partial charge on any atom is 0.237 e. The molecule has 1 unspecified atom stereocenters. The normalized spacial score (nSPS) is 13.6. The van der Waals surface area contributed by atoms with E-state index in [1.807, 2.05) is 31.2 Å². The second kappa shape index (κ2) is 6.99. The Kier molecular flexibility index (Phi) is 5.63. The van der Waals surface area contributed by atoms with Crippen LogP contribution in [0.1, 0.15) is 26.7 Å². The number of primary amides is 1. The van der Waals surface area contributed by atoms with Gasteiger partial charge < -0.3 is 20.9 Å². The molecule has 1 atom stereocenters. The van der Waals surface area contributed by atoms with Crippen molar-refractivity contribution in [3.05, 3.63) is 24.3 Å². The summed E-state index contributed by atoms with van der Waals surface area (Å²) in [5.74, 6) is 1.09. The van der Waals surface area contributed by atoms with Crippen molar-refractivity contribution >= 4 is 5.91 Å². The Hall–Kier alpha value is -1.75. The lowest BCUT2D eigenvalue weighted by atomic mass is 9.97. The lowest BCUT2D eigenvalue weighted by Gasteiger charge is -2.20. The van der Waals surface area contributed by atoms with Gasteiger partial charge in [0.05, 0.1) is 18.8 Å². The zero-order chi connectivity index (χ0) is 14.3. The molecule has 0 saturated heterocycles.